The Bertz CT molecular complexity index is 1580. The van der Waals surface area contributed by atoms with Crippen LogP contribution in [0.15, 0.2) is 72.9 Å². The van der Waals surface area contributed by atoms with E-state index in [-0.39, 0.29) is 18.9 Å². The molecule has 1 amide bonds. The Kier molecular flexibility index (Phi) is 45.0. The molecular formula is C64H113NO13. The first-order chi connectivity index (χ1) is 38.1. The van der Waals surface area contributed by atoms with Crippen LogP contribution in [-0.2, 0) is 23.7 Å². The molecule has 0 spiro atoms. The van der Waals surface area contributed by atoms with Gasteiger partial charge in [-0.25, -0.2) is 0 Å². The van der Waals surface area contributed by atoms with Crippen molar-refractivity contribution in [2.75, 3.05) is 19.8 Å². The number of carbonyl (C=O) groups is 1. The van der Waals surface area contributed by atoms with Gasteiger partial charge in [0.1, 0.15) is 48.8 Å². The van der Waals surface area contributed by atoms with Crippen LogP contribution in [0, 0.1) is 0 Å². The molecule has 78 heavy (non-hydrogen) atoms. The zero-order valence-corrected chi connectivity index (χ0v) is 48.6. The van der Waals surface area contributed by atoms with Crippen molar-refractivity contribution in [2.24, 2.45) is 0 Å². The van der Waals surface area contributed by atoms with Gasteiger partial charge in [-0.3, -0.25) is 4.79 Å². The lowest BCUT2D eigenvalue weighted by Gasteiger charge is -2.46. The normalized spacial score (nSPS) is 25.1. The summed E-state index contributed by atoms with van der Waals surface area (Å²) in [6.07, 6.45) is 48.6. The van der Waals surface area contributed by atoms with E-state index in [1.165, 1.54) is 135 Å². The average Bonchev–Trinajstić information content (AvgIpc) is 3.44. The van der Waals surface area contributed by atoms with Gasteiger partial charge in [0.15, 0.2) is 12.6 Å². The minimum atomic E-state index is -1.79. The Morgan fingerprint density at radius 1 is 0.474 bits per heavy atom. The molecule has 452 valence electrons. The van der Waals surface area contributed by atoms with Gasteiger partial charge in [-0.05, 0) is 70.6 Å². The number of ether oxygens (including phenoxy) is 4. The Morgan fingerprint density at radius 3 is 1.41 bits per heavy atom. The van der Waals surface area contributed by atoms with Crippen LogP contribution in [0.5, 0.6) is 0 Å². The Morgan fingerprint density at radius 2 is 0.897 bits per heavy atom. The summed E-state index contributed by atoms with van der Waals surface area (Å²) in [6, 6.07) is -0.930. The van der Waals surface area contributed by atoms with Crippen molar-refractivity contribution in [3.05, 3.63) is 72.9 Å². The van der Waals surface area contributed by atoms with E-state index < -0.39 is 86.8 Å². The maximum absolute atomic E-state index is 13.2. The minimum Gasteiger partial charge on any atom is -0.394 e. The number of rotatable bonds is 49. The average molecular weight is 1100 g/mol. The first kappa shape index (κ1) is 71.5. The summed E-state index contributed by atoms with van der Waals surface area (Å²) in [5.41, 5.74) is 0. The number of aliphatic hydroxyl groups is 8. The zero-order chi connectivity index (χ0) is 56.7. The first-order valence-electron chi connectivity index (χ1n) is 31.2. The molecule has 14 heteroatoms. The van der Waals surface area contributed by atoms with E-state index in [4.69, 9.17) is 18.9 Å². The van der Waals surface area contributed by atoms with Crippen molar-refractivity contribution in [3.63, 3.8) is 0 Å². The predicted molar refractivity (Wildman–Crippen MR) is 313 cm³/mol. The predicted octanol–water partition coefficient (Wildman–Crippen LogP) is 11.1. The van der Waals surface area contributed by atoms with Gasteiger partial charge in [0.05, 0.1) is 32.0 Å². The molecule has 0 aromatic carbocycles. The molecule has 2 heterocycles. The fourth-order valence-electron chi connectivity index (χ4n) is 9.89. The Labute approximate surface area is 472 Å². The molecule has 9 N–H and O–H groups in total. The van der Waals surface area contributed by atoms with Gasteiger partial charge in [-0.1, -0.05) is 228 Å². The summed E-state index contributed by atoms with van der Waals surface area (Å²) < 4.78 is 22.7. The van der Waals surface area contributed by atoms with E-state index in [0.29, 0.717) is 12.8 Å². The number of nitrogens with one attached hydrogen (secondary N) is 1. The molecule has 2 saturated heterocycles. The van der Waals surface area contributed by atoms with Crippen LogP contribution >= 0.6 is 0 Å². The summed E-state index contributed by atoms with van der Waals surface area (Å²) in [4.78, 5) is 13.2. The summed E-state index contributed by atoms with van der Waals surface area (Å²) in [6.45, 7) is 2.60. The number of carbonyl (C=O) groups excluding carboxylic acids is 1. The van der Waals surface area contributed by atoms with E-state index >= 15 is 0 Å². The van der Waals surface area contributed by atoms with E-state index in [1.807, 2.05) is 6.08 Å². The molecule has 14 nitrogen and oxygen atoms in total. The van der Waals surface area contributed by atoms with Crippen molar-refractivity contribution < 1.29 is 64.6 Å². The summed E-state index contributed by atoms with van der Waals surface area (Å²) in [5.74, 6) is -0.251. The molecule has 0 aromatic heterocycles. The number of amides is 1. The van der Waals surface area contributed by atoms with Crippen molar-refractivity contribution in [1.82, 2.24) is 5.32 Å². The molecule has 2 aliphatic heterocycles. The highest BCUT2D eigenvalue weighted by Crippen LogP contribution is 2.30. The van der Waals surface area contributed by atoms with Crippen LogP contribution in [0.3, 0.4) is 0 Å². The van der Waals surface area contributed by atoms with Crippen molar-refractivity contribution in [3.8, 4) is 0 Å². The quantitative estimate of drug-likeness (QED) is 0.0204. The molecule has 0 bridgehead atoms. The van der Waals surface area contributed by atoms with E-state index in [0.717, 1.165) is 64.2 Å². The van der Waals surface area contributed by atoms with E-state index in [9.17, 15) is 45.6 Å². The zero-order valence-electron chi connectivity index (χ0n) is 48.6. The van der Waals surface area contributed by atoms with Gasteiger partial charge >= 0.3 is 0 Å². The summed E-state index contributed by atoms with van der Waals surface area (Å²) in [7, 11) is 0. The SMILES string of the molecule is CC/C=C\C/C=C\C/C=C\C/C=C\CCCCCCCCCCCCCCCCCCCCCCCCC(=O)NC(COC1OC(CO)C(OC2OC(CO)C(O)C(O)C2O)C(O)C1O)C(O)/C=C/CC/C=C/CCCCC. The fourth-order valence-corrected chi connectivity index (χ4v) is 9.89. The second-order valence-electron chi connectivity index (χ2n) is 21.8. The van der Waals surface area contributed by atoms with Crippen molar-refractivity contribution >= 4 is 5.91 Å². The van der Waals surface area contributed by atoms with Crippen molar-refractivity contribution in [1.29, 1.82) is 0 Å². The maximum Gasteiger partial charge on any atom is 0.220 e. The molecule has 2 aliphatic rings. The third-order valence-corrected chi connectivity index (χ3v) is 14.9. The highest BCUT2D eigenvalue weighted by atomic mass is 16.7. The second-order valence-corrected chi connectivity index (χ2v) is 21.8. The van der Waals surface area contributed by atoms with Crippen molar-refractivity contribution in [2.45, 2.75) is 306 Å². The number of hydrogen-bond acceptors (Lipinski definition) is 13. The Hall–Kier alpha value is -2.57. The summed E-state index contributed by atoms with van der Waals surface area (Å²) >= 11 is 0. The van der Waals surface area contributed by atoms with Gasteiger partial charge in [0.25, 0.3) is 0 Å². The largest absolute Gasteiger partial charge is 0.394 e. The molecular weight excluding hydrogens is 991 g/mol. The molecule has 0 saturated carbocycles. The number of unbranched alkanes of at least 4 members (excludes halogenated alkanes) is 26. The van der Waals surface area contributed by atoms with Gasteiger partial charge in [0.2, 0.25) is 5.91 Å². The third-order valence-electron chi connectivity index (χ3n) is 14.9. The smallest absolute Gasteiger partial charge is 0.220 e. The van der Waals surface area contributed by atoms with Gasteiger partial charge in [-0.2, -0.15) is 0 Å². The first-order valence-corrected chi connectivity index (χ1v) is 31.2. The monoisotopic (exact) mass is 1100 g/mol. The van der Waals surface area contributed by atoms with Crippen LogP contribution in [0.4, 0.5) is 0 Å². The van der Waals surface area contributed by atoms with Crippen LogP contribution in [-0.4, -0.2) is 140 Å². The van der Waals surface area contributed by atoms with Crippen LogP contribution < -0.4 is 5.32 Å². The van der Waals surface area contributed by atoms with Crippen LogP contribution in [0.25, 0.3) is 0 Å². The van der Waals surface area contributed by atoms with Crippen LogP contribution in [0.2, 0.25) is 0 Å². The standard InChI is InChI=1S/C64H113NO13/c1-3-5-7-9-11-13-14-15-16-17-18-19-20-21-22-23-24-25-26-27-28-29-30-31-32-33-34-35-36-37-38-40-42-44-46-48-56(69)65-52(53(68)47-45-43-41-39-12-10-8-6-4-2)51-75-63-61(74)59(72)62(55(50-67)77-63)78-64-60(73)58(71)57(70)54(49-66)76-64/h5,7,11-13,15-16,18-19,39,45,47,52-55,57-64,66-68,70-74H,3-4,6,8-10,14,17,20-38,40-44,46,48-51H2,1-2H3,(H,65,69)/b7-5-,13-11-,16-15-,19-18-,39-12+,47-45+. The maximum atomic E-state index is 13.2. The molecule has 0 aromatic rings. The molecule has 12 unspecified atom stereocenters. The highest BCUT2D eigenvalue weighted by molar-refractivity contribution is 5.76. The lowest BCUT2D eigenvalue weighted by molar-refractivity contribution is -0.359. The van der Waals surface area contributed by atoms with Gasteiger partial charge in [-0.15, -0.1) is 0 Å². The van der Waals surface area contributed by atoms with Gasteiger partial charge in [0, 0.05) is 6.42 Å². The fraction of sp³-hybridized carbons (Fsp3) is 0.797. The van der Waals surface area contributed by atoms with E-state index in [1.54, 1.807) is 6.08 Å². The molecule has 2 fully saturated rings. The summed E-state index contributed by atoms with van der Waals surface area (Å²) in [5, 5.41) is 86.8. The minimum absolute atomic E-state index is 0.251. The lowest BCUT2D eigenvalue weighted by atomic mass is 9.97. The molecule has 2 rings (SSSR count). The highest BCUT2D eigenvalue weighted by Gasteiger charge is 2.51. The molecule has 0 radical (unpaired) electrons. The topological polar surface area (TPSA) is 228 Å². The molecule has 12 atom stereocenters. The second kappa shape index (κ2) is 49.1. The number of aliphatic hydroxyl groups excluding tert-OH is 8. The third kappa shape index (κ3) is 34.0. The lowest BCUT2D eigenvalue weighted by Crippen LogP contribution is -2.65. The van der Waals surface area contributed by atoms with E-state index in [2.05, 4.69) is 79.9 Å². The number of hydrogen-bond donors (Lipinski definition) is 9. The van der Waals surface area contributed by atoms with Gasteiger partial charge < -0.3 is 65.1 Å². The van der Waals surface area contributed by atoms with Crippen LogP contribution in [0.1, 0.15) is 232 Å². The molecule has 0 aliphatic carbocycles. The number of allylic oxidation sites excluding steroid dienone is 11. The Balaban J connectivity index is 1.57.